The molecular weight excluding hydrogens is 390 g/mol. The fourth-order valence-electron chi connectivity index (χ4n) is 1.66. The third-order valence-electron chi connectivity index (χ3n) is 2.60. The number of carboxylic acid groups (broad SMARTS) is 1. The van der Waals surface area contributed by atoms with Crippen molar-refractivity contribution < 1.29 is 14.7 Å². The first-order valence-corrected chi connectivity index (χ1v) is 7.17. The average Bonchev–Trinajstić information content (AvgIpc) is 2.41. The SMILES string of the molecule is O=C(Nc1c(Br)cccc1C(=O)O)c1ccccc1Br. The van der Waals surface area contributed by atoms with Crippen LogP contribution in [0, 0.1) is 0 Å². The highest BCUT2D eigenvalue weighted by Crippen LogP contribution is 2.28. The van der Waals surface area contributed by atoms with E-state index < -0.39 is 5.97 Å². The standard InChI is InChI=1S/C14H9Br2NO3/c15-10-6-2-1-4-8(10)13(18)17-12-9(14(19)20)5-3-7-11(12)16/h1-7H,(H,17,18)(H,19,20). The zero-order valence-corrected chi connectivity index (χ0v) is 13.2. The molecule has 0 atom stereocenters. The molecule has 0 saturated heterocycles. The van der Waals surface area contributed by atoms with Gasteiger partial charge in [0.25, 0.3) is 5.91 Å². The van der Waals surface area contributed by atoms with Crippen molar-refractivity contribution in [2.24, 2.45) is 0 Å². The molecule has 2 N–H and O–H groups in total. The minimum absolute atomic E-state index is 0.0276. The summed E-state index contributed by atoms with van der Waals surface area (Å²) < 4.78 is 1.15. The Morgan fingerprint density at radius 1 is 0.900 bits per heavy atom. The van der Waals surface area contributed by atoms with Crippen LogP contribution in [0.15, 0.2) is 51.4 Å². The van der Waals surface area contributed by atoms with Crippen molar-refractivity contribution in [2.45, 2.75) is 0 Å². The molecule has 102 valence electrons. The number of carboxylic acids is 1. The second-order valence-corrected chi connectivity index (χ2v) is 5.61. The Morgan fingerprint density at radius 2 is 1.50 bits per heavy atom. The van der Waals surface area contributed by atoms with E-state index in [0.717, 1.165) is 0 Å². The molecule has 0 radical (unpaired) electrons. The molecule has 0 saturated carbocycles. The molecule has 1 amide bonds. The maximum Gasteiger partial charge on any atom is 0.337 e. The second kappa shape index (κ2) is 6.19. The molecule has 4 nitrogen and oxygen atoms in total. The molecule has 2 aromatic rings. The summed E-state index contributed by atoms with van der Waals surface area (Å²) in [4.78, 5) is 23.4. The van der Waals surface area contributed by atoms with E-state index in [2.05, 4.69) is 37.2 Å². The van der Waals surface area contributed by atoms with Gasteiger partial charge in [-0.1, -0.05) is 18.2 Å². The number of aromatic carboxylic acids is 1. The summed E-state index contributed by atoms with van der Waals surface area (Å²) in [5, 5.41) is 11.8. The van der Waals surface area contributed by atoms with Crippen LogP contribution in [0.2, 0.25) is 0 Å². The lowest BCUT2D eigenvalue weighted by atomic mass is 10.1. The molecule has 0 unspecified atom stereocenters. The molecule has 0 aliphatic rings. The average molecular weight is 399 g/mol. The monoisotopic (exact) mass is 397 g/mol. The summed E-state index contributed by atoms with van der Waals surface area (Å²) in [5.74, 6) is -1.49. The van der Waals surface area contributed by atoms with Crippen molar-refractivity contribution in [1.29, 1.82) is 0 Å². The number of halogens is 2. The lowest BCUT2D eigenvalue weighted by molar-refractivity contribution is 0.0698. The number of amides is 1. The minimum Gasteiger partial charge on any atom is -0.478 e. The Labute approximate surface area is 132 Å². The predicted octanol–water partition coefficient (Wildman–Crippen LogP) is 4.16. The first kappa shape index (κ1) is 14.7. The maximum absolute atomic E-state index is 12.2. The van der Waals surface area contributed by atoms with Crippen LogP contribution in [0.25, 0.3) is 0 Å². The van der Waals surface area contributed by atoms with Gasteiger partial charge in [0.15, 0.2) is 0 Å². The fraction of sp³-hybridized carbons (Fsp3) is 0. The lowest BCUT2D eigenvalue weighted by Crippen LogP contribution is -2.15. The Hall–Kier alpha value is -1.66. The van der Waals surface area contributed by atoms with Crippen molar-refractivity contribution in [1.82, 2.24) is 0 Å². The second-order valence-electron chi connectivity index (χ2n) is 3.90. The van der Waals surface area contributed by atoms with Gasteiger partial charge in [0, 0.05) is 8.95 Å². The highest BCUT2D eigenvalue weighted by Gasteiger charge is 2.17. The van der Waals surface area contributed by atoms with E-state index in [1.807, 2.05) is 0 Å². The van der Waals surface area contributed by atoms with E-state index in [0.29, 0.717) is 14.5 Å². The van der Waals surface area contributed by atoms with Crippen LogP contribution in [-0.4, -0.2) is 17.0 Å². The third kappa shape index (κ3) is 3.08. The summed E-state index contributed by atoms with van der Waals surface area (Å²) in [5.41, 5.74) is 0.695. The third-order valence-corrected chi connectivity index (χ3v) is 3.95. The van der Waals surface area contributed by atoms with Gasteiger partial charge in [0.2, 0.25) is 0 Å². The fourth-order valence-corrected chi connectivity index (χ4v) is 2.59. The molecule has 6 heteroatoms. The molecular formula is C14H9Br2NO3. The maximum atomic E-state index is 12.2. The smallest absolute Gasteiger partial charge is 0.337 e. The van der Waals surface area contributed by atoms with E-state index >= 15 is 0 Å². The number of carbonyl (C=O) groups is 2. The van der Waals surface area contributed by atoms with Crippen molar-refractivity contribution >= 4 is 49.4 Å². The van der Waals surface area contributed by atoms with Crippen molar-refractivity contribution in [2.75, 3.05) is 5.32 Å². The normalized spacial score (nSPS) is 10.1. The van der Waals surface area contributed by atoms with Gasteiger partial charge in [0.05, 0.1) is 16.8 Å². The number of para-hydroxylation sites is 1. The number of rotatable bonds is 3. The molecule has 0 bridgehead atoms. The highest BCUT2D eigenvalue weighted by molar-refractivity contribution is 9.11. The van der Waals surface area contributed by atoms with Crippen LogP contribution in [0.1, 0.15) is 20.7 Å². The summed E-state index contributed by atoms with van der Waals surface area (Å²) in [7, 11) is 0. The number of hydrogen-bond donors (Lipinski definition) is 2. The number of benzene rings is 2. The van der Waals surface area contributed by atoms with Crippen LogP contribution in [0.3, 0.4) is 0 Å². The number of nitrogens with one attached hydrogen (secondary N) is 1. The highest BCUT2D eigenvalue weighted by atomic mass is 79.9. The molecule has 20 heavy (non-hydrogen) atoms. The molecule has 2 aromatic carbocycles. The Bertz CT molecular complexity index is 686. The first-order valence-electron chi connectivity index (χ1n) is 5.58. The number of anilines is 1. The van der Waals surface area contributed by atoms with Crippen LogP contribution in [0.5, 0.6) is 0 Å². The minimum atomic E-state index is -1.10. The van der Waals surface area contributed by atoms with Gasteiger partial charge in [-0.2, -0.15) is 0 Å². The van der Waals surface area contributed by atoms with Crippen LogP contribution in [-0.2, 0) is 0 Å². The molecule has 2 rings (SSSR count). The summed E-state index contributed by atoms with van der Waals surface area (Å²) in [6.45, 7) is 0. The molecule has 0 spiro atoms. The Kier molecular flexibility index (Phi) is 4.57. The van der Waals surface area contributed by atoms with Gasteiger partial charge in [0.1, 0.15) is 0 Å². The molecule has 0 heterocycles. The molecule has 0 aromatic heterocycles. The first-order chi connectivity index (χ1) is 9.50. The van der Waals surface area contributed by atoms with Gasteiger partial charge in [-0.25, -0.2) is 4.79 Å². The predicted molar refractivity (Wildman–Crippen MR) is 83.2 cm³/mol. The summed E-state index contributed by atoms with van der Waals surface area (Å²) >= 11 is 6.53. The van der Waals surface area contributed by atoms with E-state index in [4.69, 9.17) is 5.11 Å². The number of carbonyl (C=O) groups excluding carboxylic acids is 1. The summed E-state index contributed by atoms with van der Waals surface area (Å²) in [6, 6.07) is 11.6. The van der Waals surface area contributed by atoms with Gasteiger partial charge < -0.3 is 10.4 Å². The zero-order chi connectivity index (χ0) is 14.7. The largest absolute Gasteiger partial charge is 0.478 e. The van der Waals surface area contributed by atoms with Crippen LogP contribution < -0.4 is 5.32 Å². The molecule has 0 aliphatic heterocycles. The van der Waals surface area contributed by atoms with E-state index in [9.17, 15) is 9.59 Å². The van der Waals surface area contributed by atoms with Crippen molar-refractivity contribution in [3.8, 4) is 0 Å². The van der Waals surface area contributed by atoms with Gasteiger partial charge in [-0.15, -0.1) is 0 Å². The van der Waals surface area contributed by atoms with E-state index in [1.54, 1.807) is 36.4 Å². The Balaban J connectivity index is 2.38. The van der Waals surface area contributed by atoms with Crippen LogP contribution >= 0.6 is 31.9 Å². The topological polar surface area (TPSA) is 66.4 Å². The summed E-state index contributed by atoms with van der Waals surface area (Å²) in [6.07, 6.45) is 0. The van der Waals surface area contributed by atoms with Gasteiger partial charge in [-0.3, -0.25) is 4.79 Å². The van der Waals surface area contributed by atoms with Crippen LogP contribution in [0.4, 0.5) is 5.69 Å². The quantitative estimate of drug-likeness (QED) is 0.815. The van der Waals surface area contributed by atoms with Crippen molar-refractivity contribution in [3.05, 3.63) is 62.5 Å². The van der Waals surface area contributed by atoms with Crippen molar-refractivity contribution in [3.63, 3.8) is 0 Å². The zero-order valence-electron chi connectivity index (χ0n) is 10.1. The van der Waals surface area contributed by atoms with Gasteiger partial charge >= 0.3 is 5.97 Å². The van der Waals surface area contributed by atoms with E-state index in [1.165, 1.54) is 6.07 Å². The van der Waals surface area contributed by atoms with Gasteiger partial charge in [-0.05, 0) is 56.1 Å². The Morgan fingerprint density at radius 3 is 2.15 bits per heavy atom. The lowest BCUT2D eigenvalue weighted by Gasteiger charge is -2.11. The molecule has 0 fully saturated rings. The molecule has 0 aliphatic carbocycles. The number of hydrogen-bond acceptors (Lipinski definition) is 2. The van der Waals surface area contributed by atoms with E-state index in [-0.39, 0.29) is 17.2 Å².